The minimum absolute atomic E-state index is 0.549. The largest absolute Gasteiger partial charge is 0.342 e. The van der Waals surface area contributed by atoms with Crippen molar-refractivity contribution >= 4 is 25.5 Å². The number of rotatable bonds is 3. The molecule has 0 bridgehead atoms. The van der Waals surface area contributed by atoms with Gasteiger partial charge in [-0.05, 0) is 36.2 Å². The SMILES string of the molecule is O=[PH](O)O[C@H]1c2ccccc2CCN1c1ccc(Cl)cc1. The molecule has 1 heterocycles. The second kappa shape index (κ2) is 6.20. The minimum atomic E-state index is -3.04. The highest BCUT2D eigenvalue weighted by Crippen LogP contribution is 2.39. The number of nitrogens with zero attached hydrogens (tertiary/aromatic N) is 1. The van der Waals surface area contributed by atoms with Gasteiger partial charge in [-0.25, -0.2) is 0 Å². The van der Waals surface area contributed by atoms with Crippen molar-refractivity contribution in [2.45, 2.75) is 12.6 Å². The maximum atomic E-state index is 11.2. The van der Waals surface area contributed by atoms with Crippen molar-refractivity contribution < 1.29 is 14.0 Å². The van der Waals surface area contributed by atoms with Crippen molar-refractivity contribution in [1.29, 1.82) is 0 Å². The van der Waals surface area contributed by atoms with Gasteiger partial charge in [0.2, 0.25) is 0 Å². The van der Waals surface area contributed by atoms with E-state index >= 15 is 0 Å². The lowest BCUT2D eigenvalue weighted by Crippen LogP contribution is -2.36. The molecular formula is C15H15ClNO3P. The van der Waals surface area contributed by atoms with Gasteiger partial charge in [-0.1, -0.05) is 35.9 Å². The Morgan fingerprint density at radius 3 is 2.62 bits per heavy atom. The molecular weight excluding hydrogens is 309 g/mol. The second-order valence-electron chi connectivity index (χ2n) is 4.85. The first-order valence-electron chi connectivity index (χ1n) is 6.65. The van der Waals surface area contributed by atoms with Crippen molar-refractivity contribution in [3.8, 4) is 0 Å². The Hall–Kier alpha value is -1.32. The third kappa shape index (κ3) is 3.14. The number of benzene rings is 2. The van der Waals surface area contributed by atoms with E-state index in [9.17, 15) is 9.46 Å². The summed E-state index contributed by atoms with van der Waals surface area (Å²) in [6.45, 7) is 0.721. The normalized spacial score (nSPS) is 19.1. The molecule has 0 aliphatic carbocycles. The first-order valence-corrected chi connectivity index (χ1v) is 8.29. The maximum absolute atomic E-state index is 11.2. The highest BCUT2D eigenvalue weighted by Gasteiger charge is 2.29. The lowest BCUT2D eigenvalue weighted by Gasteiger charge is -2.37. The molecule has 0 fully saturated rings. The van der Waals surface area contributed by atoms with Crippen LogP contribution in [0.15, 0.2) is 48.5 Å². The molecule has 110 valence electrons. The second-order valence-corrected chi connectivity index (χ2v) is 6.06. The summed E-state index contributed by atoms with van der Waals surface area (Å²) in [6, 6.07) is 15.2. The Bertz CT molecular complexity index is 662. The number of hydrogen-bond acceptors (Lipinski definition) is 3. The summed E-state index contributed by atoms with van der Waals surface area (Å²) in [5, 5.41) is 0.657. The van der Waals surface area contributed by atoms with Crippen LogP contribution in [0, 0.1) is 0 Å². The van der Waals surface area contributed by atoms with Crippen molar-refractivity contribution in [3.05, 3.63) is 64.7 Å². The highest BCUT2D eigenvalue weighted by atomic mass is 35.5. The van der Waals surface area contributed by atoms with Crippen molar-refractivity contribution in [3.63, 3.8) is 0 Å². The third-order valence-electron chi connectivity index (χ3n) is 3.60. The van der Waals surface area contributed by atoms with E-state index in [0.29, 0.717) is 5.02 Å². The summed E-state index contributed by atoms with van der Waals surface area (Å²) in [5.41, 5.74) is 3.00. The van der Waals surface area contributed by atoms with Gasteiger partial charge in [-0.3, -0.25) is 9.09 Å². The van der Waals surface area contributed by atoms with Crippen molar-refractivity contribution in [1.82, 2.24) is 0 Å². The molecule has 0 saturated carbocycles. The summed E-state index contributed by atoms with van der Waals surface area (Å²) in [4.78, 5) is 11.2. The Balaban J connectivity index is 2.00. The highest BCUT2D eigenvalue weighted by molar-refractivity contribution is 7.32. The monoisotopic (exact) mass is 323 g/mol. The van der Waals surface area contributed by atoms with E-state index in [-0.39, 0.29) is 0 Å². The summed E-state index contributed by atoms with van der Waals surface area (Å²) in [5.74, 6) is 0. The standard InChI is InChI=1S/C15H15ClNO3P/c16-12-5-7-13(8-6-12)17-10-9-11-3-1-2-4-14(11)15(17)20-21(18)19/h1-8,15,21H,9-10H2,(H,18,19)/t15-/m0/s1. The van der Waals surface area contributed by atoms with E-state index in [4.69, 9.17) is 16.1 Å². The lowest BCUT2D eigenvalue weighted by molar-refractivity contribution is 0.179. The summed E-state index contributed by atoms with van der Waals surface area (Å²) in [6.07, 6.45) is 0.317. The maximum Gasteiger partial charge on any atom is 0.318 e. The molecule has 2 aromatic carbocycles. The van der Waals surface area contributed by atoms with E-state index in [1.54, 1.807) is 12.1 Å². The molecule has 21 heavy (non-hydrogen) atoms. The van der Waals surface area contributed by atoms with Gasteiger partial charge < -0.3 is 9.79 Å². The first-order chi connectivity index (χ1) is 10.1. The molecule has 0 amide bonds. The van der Waals surface area contributed by atoms with Crippen LogP contribution in [-0.2, 0) is 15.5 Å². The molecule has 4 nitrogen and oxygen atoms in total. The van der Waals surface area contributed by atoms with Crippen LogP contribution < -0.4 is 4.90 Å². The third-order valence-corrected chi connectivity index (χ3v) is 4.27. The molecule has 0 radical (unpaired) electrons. The van der Waals surface area contributed by atoms with Crippen molar-refractivity contribution in [2.24, 2.45) is 0 Å². The molecule has 2 aromatic rings. The average Bonchev–Trinajstić information content (AvgIpc) is 2.48. The van der Waals surface area contributed by atoms with E-state index in [1.165, 1.54) is 0 Å². The Morgan fingerprint density at radius 2 is 1.90 bits per heavy atom. The van der Waals surface area contributed by atoms with Crippen LogP contribution in [-0.4, -0.2) is 11.4 Å². The van der Waals surface area contributed by atoms with Gasteiger partial charge in [0.1, 0.15) is 0 Å². The molecule has 6 heteroatoms. The first kappa shape index (κ1) is 14.6. The van der Waals surface area contributed by atoms with Gasteiger partial charge in [0.05, 0.1) is 0 Å². The van der Waals surface area contributed by atoms with Crippen LogP contribution >= 0.6 is 19.9 Å². The van der Waals surface area contributed by atoms with Crippen LogP contribution in [0.3, 0.4) is 0 Å². The summed E-state index contributed by atoms with van der Waals surface area (Å²) >= 11 is 5.92. The fraction of sp³-hybridized carbons (Fsp3) is 0.200. The van der Waals surface area contributed by atoms with Gasteiger partial charge in [-0.15, -0.1) is 0 Å². The Morgan fingerprint density at radius 1 is 1.19 bits per heavy atom. The van der Waals surface area contributed by atoms with Gasteiger partial charge in [0.25, 0.3) is 0 Å². The van der Waals surface area contributed by atoms with Crippen LogP contribution in [0.2, 0.25) is 5.02 Å². The van der Waals surface area contributed by atoms with Crippen molar-refractivity contribution in [2.75, 3.05) is 11.4 Å². The van der Waals surface area contributed by atoms with Gasteiger partial charge in [0.15, 0.2) is 6.23 Å². The van der Waals surface area contributed by atoms with E-state index in [1.807, 2.05) is 41.3 Å². The van der Waals surface area contributed by atoms with Crippen LogP contribution in [0.25, 0.3) is 0 Å². The zero-order valence-corrected chi connectivity index (χ0v) is 13.0. The molecule has 0 aromatic heterocycles. The van der Waals surface area contributed by atoms with E-state index < -0.39 is 14.5 Å². The fourth-order valence-corrected chi connectivity index (χ4v) is 3.22. The smallest absolute Gasteiger partial charge is 0.318 e. The molecule has 0 spiro atoms. The summed E-state index contributed by atoms with van der Waals surface area (Å²) < 4.78 is 16.5. The predicted molar refractivity (Wildman–Crippen MR) is 84.0 cm³/mol. The van der Waals surface area contributed by atoms with Gasteiger partial charge in [0, 0.05) is 22.8 Å². The molecule has 1 aliphatic rings. The predicted octanol–water partition coefficient (Wildman–Crippen LogP) is 3.80. The Kier molecular flexibility index (Phi) is 4.32. The van der Waals surface area contributed by atoms with Gasteiger partial charge in [-0.2, -0.15) is 0 Å². The quantitative estimate of drug-likeness (QED) is 0.873. The lowest BCUT2D eigenvalue weighted by atomic mass is 9.98. The van der Waals surface area contributed by atoms with E-state index in [2.05, 4.69) is 0 Å². The molecule has 3 rings (SSSR count). The fourth-order valence-electron chi connectivity index (χ4n) is 2.65. The molecule has 1 aliphatic heterocycles. The van der Waals surface area contributed by atoms with Crippen LogP contribution in [0.1, 0.15) is 17.4 Å². The molecule has 0 saturated heterocycles. The summed E-state index contributed by atoms with van der Waals surface area (Å²) in [7, 11) is -3.04. The zero-order valence-electron chi connectivity index (χ0n) is 11.2. The van der Waals surface area contributed by atoms with E-state index in [0.717, 1.165) is 29.8 Å². The Labute approximate surface area is 128 Å². The molecule has 2 atom stereocenters. The van der Waals surface area contributed by atoms with Crippen LogP contribution in [0.4, 0.5) is 5.69 Å². The minimum Gasteiger partial charge on any atom is -0.342 e. The average molecular weight is 324 g/mol. The topological polar surface area (TPSA) is 49.8 Å². The molecule has 1 N–H and O–H groups in total. The zero-order chi connectivity index (χ0) is 14.8. The number of hydrogen-bond donors (Lipinski definition) is 1. The van der Waals surface area contributed by atoms with Gasteiger partial charge >= 0.3 is 8.25 Å². The number of halogens is 1. The number of anilines is 1. The number of fused-ring (bicyclic) bond motifs is 1. The molecule has 1 unspecified atom stereocenters. The van der Waals surface area contributed by atoms with Crippen LogP contribution in [0.5, 0.6) is 0 Å².